The van der Waals surface area contributed by atoms with Gasteiger partial charge in [-0.25, -0.2) is 4.98 Å². The summed E-state index contributed by atoms with van der Waals surface area (Å²) in [5.41, 5.74) is 0. The predicted molar refractivity (Wildman–Crippen MR) is 72.2 cm³/mol. The number of amides is 1. The molecule has 102 valence electrons. The van der Waals surface area contributed by atoms with Gasteiger partial charge in [-0.05, 0) is 12.0 Å². The van der Waals surface area contributed by atoms with Crippen LogP contribution in [0.1, 0.15) is 13.3 Å². The number of anilines is 1. The van der Waals surface area contributed by atoms with Crippen LogP contribution in [0.15, 0.2) is 12.3 Å². The van der Waals surface area contributed by atoms with Crippen molar-refractivity contribution in [3.8, 4) is 6.01 Å². The molecule has 1 aliphatic heterocycles. The molecule has 1 unspecified atom stereocenters. The molecule has 7 heteroatoms. The van der Waals surface area contributed by atoms with Crippen LogP contribution in [0.5, 0.6) is 6.01 Å². The summed E-state index contributed by atoms with van der Waals surface area (Å²) in [6, 6.07) is 1.92. The van der Waals surface area contributed by atoms with Gasteiger partial charge < -0.3 is 4.74 Å². The van der Waals surface area contributed by atoms with E-state index in [-0.39, 0.29) is 23.0 Å². The van der Waals surface area contributed by atoms with Crippen molar-refractivity contribution in [3.63, 3.8) is 0 Å². The van der Waals surface area contributed by atoms with Crippen molar-refractivity contribution in [1.29, 1.82) is 0 Å². The third-order valence-corrected chi connectivity index (χ3v) is 3.85. The highest BCUT2D eigenvalue weighted by atomic mass is 32.2. The van der Waals surface area contributed by atoms with Crippen LogP contribution < -0.4 is 9.64 Å². The highest BCUT2D eigenvalue weighted by Gasteiger charge is 2.31. The van der Waals surface area contributed by atoms with Crippen LogP contribution >= 0.6 is 11.8 Å². The fraction of sp³-hybridized carbons (Fsp3) is 0.500. The van der Waals surface area contributed by atoms with Gasteiger partial charge in [-0.1, -0.05) is 11.8 Å². The van der Waals surface area contributed by atoms with E-state index in [9.17, 15) is 9.59 Å². The zero-order valence-electron chi connectivity index (χ0n) is 10.8. The second-order valence-electron chi connectivity index (χ2n) is 4.28. The lowest BCUT2D eigenvalue weighted by Gasteiger charge is -2.15. The van der Waals surface area contributed by atoms with Crippen molar-refractivity contribution in [2.75, 3.05) is 24.3 Å². The SMILES string of the molecule is COc1nccc(N2CC(CSC(C)=O)CC2=O)n1. The minimum Gasteiger partial charge on any atom is -0.467 e. The quantitative estimate of drug-likeness (QED) is 0.823. The number of ether oxygens (including phenoxy) is 1. The van der Waals surface area contributed by atoms with Gasteiger partial charge in [-0.3, -0.25) is 14.5 Å². The Balaban J connectivity index is 2.04. The summed E-state index contributed by atoms with van der Waals surface area (Å²) in [7, 11) is 1.48. The Kier molecular flexibility index (Phi) is 4.36. The van der Waals surface area contributed by atoms with Gasteiger partial charge >= 0.3 is 6.01 Å². The van der Waals surface area contributed by atoms with Crippen molar-refractivity contribution in [3.05, 3.63) is 12.3 Å². The Labute approximate surface area is 115 Å². The van der Waals surface area contributed by atoms with Gasteiger partial charge in [0.15, 0.2) is 5.12 Å². The number of carbonyl (C=O) groups is 2. The standard InChI is InChI=1S/C12H15N3O3S/c1-8(16)19-7-9-5-11(17)15(6-9)10-3-4-13-12(14-10)18-2/h3-4,9H,5-7H2,1-2H3. The van der Waals surface area contributed by atoms with E-state index in [0.29, 0.717) is 24.5 Å². The molecule has 1 aromatic heterocycles. The van der Waals surface area contributed by atoms with Crippen molar-refractivity contribution in [1.82, 2.24) is 9.97 Å². The number of hydrogen-bond acceptors (Lipinski definition) is 6. The molecular formula is C12H15N3O3S. The first kappa shape index (κ1) is 13.8. The largest absolute Gasteiger partial charge is 0.467 e. The van der Waals surface area contributed by atoms with E-state index in [2.05, 4.69) is 9.97 Å². The van der Waals surface area contributed by atoms with E-state index in [1.807, 2.05) is 0 Å². The number of methoxy groups -OCH3 is 1. The molecule has 1 atom stereocenters. The lowest BCUT2D eigenvalue weighted by Crippen LogP contribution is -2.26. The lowest BCUT2D eigenvalue weighted by molar-refractivity contribution is -0.117. The normalized spacial score (nSPS) is 18.7. The van der Waals surface area contributed by atoms with Crippen molar-refractivity contribution < 1.29 is 14.3 Å². The maximum Gasteiger partial charge on any atom is 0.318 e. The van der Waals surface area contributed by atoms with E-state index in [0.717, 1.165) is 0 Å². The minimum atomic E-state index is 0.0231. The molecule has 0 aliphatic carbocycles. The molecule has 1 saturated heterocycles. The summed E-state index contributed by atoms with van der Waals surface area (Å²) < 4.78 is 4.95. The number of thioether (sulfide) groups is 1. The molecule has 1 amide bonds. The van der Waals surface area contributed by atoms with Crippen LogP contribution in [-0.4, -0.2) is 40.4 Å². The first-order chi connectivity index (χ1) is 9.10. The maximum absolute atomic E-state index is 12.0. The zero-order valence-corrected chi connectivity index (χ0v) is 11.6. The van der Waals surface area contributed by atoms with Crippen LogP contribution in [0.4, 0.5) is 5.82 Å². The second-order valence-corrected chi connectivity index (χ2v) is 5.48. The summed E-state index contributed by atoms with van der Waals surface area (Å²) in [5, 5.41) is 0.0783. The van der Waals surface area contributed by atoms with Gasteiger partial charge in [0.25, 0.3) is 0 Å². The molecule has 1 fully saturated rings. The summed E-state index contributed by atoms with van der Waals surface area (Å²) in [6.07, 6.45) is 2.01. The smallest absolute Gasteiger partial charge is 0.318 e. The van der Waals surface area contributed by atoms with Crippen molar-refractivity contribution in [2.45, 2.75) is 13.3 Å². The van der Waals surface area contributed by atoms with Crippen LogP contribution in [0.2, 0.25) is 0 Å². The van der Waals surface area contributed by atoms with Gasteiger partial charge in [0.05, 0.1) is 7.11 Å². The van der Waals surface area contributed by atoms with E-state index < -0.39 is 0 Å². The van der Waals surface area contributed by atoms with Gasteiger partial charge in [-0.15, -0.1) is 0 Å². The highest BCUT2D eigenvalue weighted by Crippen LogP contribution is 2.26. The number of carbonyl (C=O) groups excluding carboxylic acids is 2. The van der Waals surface area contributed by atoms with Gasteiger partial charge in [-0.2, -0.15) is 4.98 Å². The molecular weight excluding hydrogens is 266 g/mol. The van der Waals surface area contributed by atoms with Crippen LogP contribution in [0.3, 0.4) is 0 Å². The maximum atomic E-state index is 12.0. The fourth-order valence-electron chi connectivity index (χ4n) is 1.93. The molecule has 1 aromatic rings. The molecule has 0 spiro atoms. The molecule has 0 N–H and O–H groups in total. The molecule has 2 rings (SSSR count). The Hall–Kier alpha value is -1.63. The Morgan fingerprint density at radius 2 is 2.42 bits per heavy atom. The average Bonchev–Trinajstić information content (AvgIpc) is 2.78. The molecule has 1 aliphatic rings. The number of aromatic nitrogens is 2. The summed E-state index contributed by atoms with van der Waals surface area (Å²) in [4.78, 5) is 32.6. The van der Waals surface area contributed by atoms with Crippen LogP contribution in [0.25, 0.3) is 0 Å². The van der Waals surface area contributed by atoms with E-state index in [4.69, 9.17) is 4.74 Å². The van der Waals surface area contributed by atoms with E-state index in [1.54, 1.807) is 17.2 Å². The second kappa shape index (κ2) is 6.01. The Morgan fingerprint density at radius 1 is 1.63 bits per heavy atom. The van der Waals surface area contributed by atoms with Crippen molar-refractivity contribution >= 4 is 28.6 Å². The first-order valence-electron chi connectivity index (χ1n) is 5.91. The van der Waals surface area contributed by atoms with Gasteiger partial charge in [0, 0.05) is 31.8 Å². The molecule has 0 radical (unpaired) electrons. The fourth-order valence-corrected chi connectivity index (χ4v) is 2.62. The van der Waals surface area contributed by atoms with Gasteiger partial charge in [0.1, 0.15) is 5.82 Å². The highest BCUT2D eigenvalue weighted by molar-refractivity contribution is 8.13. The average molecular weight is 281 g/mol. The molecule has 19 heavy (non-hydrogen) atoms. The molecule has 0 saturated carbocycles. The lowest BCUT2D eigenvalue weighted by atomic mass is 10.1. The molecule has 0 bridgehead atoms. The summed E-state index contributed by atoms with van der Waals surface area (Å²) in [6.45, 7) is 2.12. The number of nitrogens with zero attached hydrogens (tertiary/aromatic N) is 3. The topological polar surface area (TPSA) is 72.4 Å². The summed E-state index contributed by atoms with van der Waals surface area (Å²) in [5.74, 6) is 1.42. The monoisotopic (exact) mass is 281 g/mol. The first-order valence-corrected chi connectivity index (χ1v) is 6.89. The van der Waals surface area contributed by atoms with Crippen LogP contribution in [0, 0.1) is 5.92 Å². The van der Waals surface area contributed by atoms with Crippen LogP contribution in [-0.2, 0) is 9.59 Å². The number of hydrogen-bond donors (Lipinski definition) is 0. The molecule has 0 aromatic carbocycles. The predicted octanol–water partition coefficient (Wildman–Crippen LogP) is 1.12. The third-order valence-electron chi connectivity index (χ3n) is 2.81. The van der Waals surface area contributed by atoms with E-state index >= 15 is 0 Å². The number of rotatable bonds is 4. The Bertz CT molecular complexity index is 495. The molecule has 6 nitrogen and oxygen atoms in total. The minimum absolute atomic E-state index is 0.0231. The van der Waals surface area contributed by atoms with Gasteiger partial charge in [0.2, 0.25) is 5.91 Å². The van der Waals surface area contributed by atoms with Crippen molar-refractivity contribution in [2.24, 2.45) is 5.92 Å². The summed E-state index contributed by atoms with van der Waals surface area (Å²) >= 11 is 1.26. The Morgan fingerprint density at radius 3 is 3.11 bits per heavy atom. The van der Waals surface area contributed by atoms with E-state index in [1.165, 1.54) is 25.8 Å². The third kappa shape index (κ3) is 3.44. The molecule has 2 heterocycles. The zero-order chi connectivity index (χ0) is 13.8.